The van der Waals surface area contributed by atoms with Crippen molar-refractivity contribution in [2.75, 3.05) is 6.61 Å². The Morgan fingerprint density at radius 1 is 1.36 bits per heavy atom. The van der Waals surface area contributed by atoms with Gasteiger partial charge in [0.2, 0.25) is 0 Å². The zero-order valence-electron chi connectivity index (χ0n) is 6.53. The lowest BCUT2D eigenvalue weighted by molar-refractivity contribution is 0.344. The topological polar surface area (TPSA) is 21.6 Å². The van der Waals surface area contributed by atoms with Gasteiger partial charge in [-0.05, 0) is 19.1 Å². The zero-order valence-corrected chi connectivity index (χ0v) is 6.53. The van der Waals surface area contributed by atoms with Crippen molar-refractivity contribution in [2.24, 2.45) is 4.99 Å². The molecule has 1 aromatic carbocycles. The number of nitrogens with zero attached hydrogens (tertiary/aromatic N) is 1. The Morgan fingerprint density at radius 2 is 2.09 bits per heavy atom. The summed E-state index contributed by atoms with van der Waals surface area (Å²) in [7, 11) is 0. The molecule has 0 spiro atoms. The van der Waals surface area contributed by atoms with Crippen LogP contribution >= 0.6 is 0 Å². The molecule has 0 radical (unpaired) electrons. The van der Waals surface area contributed by atoms with Gasteiger partial charge >= 0.3 is 0 Å². The van der Waals surface area contributed by atoms with Crippen LogP contribution in [0.3, 0.4) is 0 Å². The molecular formula is C9H11NO. The smallest absolute Gasteiger partial charge is 0.174 e. The number of hydrogen-bond donors (Lipinski definition) is 0. The minimum absolute atomic E-state index is 0.663. The Hall–Kier alpha value is -1.31. The number of aliphatic imine (C=N–C) groups is 1. The Labute approximate surface area is 66.5 Å². The first-order valence-corrected chi connectivity index (χ1v) is 3.62. The summed E-state index contributed by atoms with van der Waals surface area (Å²) in [5.74, 6) is 0. The highest BCUT2D eigenvalue weighted by atomic mass is 16.5. The molecule has 1 rings (SSSR count). The van der Waals surface area contributed by atoms with E-state index in [1.165, 1.54) is 6.40 Å². The summed E-state index contributed by atoms with van der Waals surface area (Å²) in [6, 6.07) is 9.70. The molecule has 58 valence electrons. The maximum absolute atomic E-state index is 4.95. The van der Waals surface area contributed by atoms with Crippen LogP contribution in [0.2, 0.25) is 0 Å². The summed E-state index contributed by atoms with van der Waals surface area (Å²) in [6.07, 6.45) is 1.47. The van der Waals surface area contributed by atoms with E-state index in [0.29, 0.717) is 6.61 Å². The van der Waals surface area contributed by atoms with E-state index in [2.05, 4.69) is 4.99 Å². The summed E-state index contributed by atoms with van der Waals surface area (Å²) < 4.78 is 4.95. The summed E-state index contributed by atoms with van der Waals surface area (Å²) in [4.78, 5) is 4.05. The molecule has 0 aliphatic heterocycles. The van der Waals surface area contributed by atoms with Crippen LogP contribution in [0.4, 0.5) is 5.69 Å². The molecule has 0 heterocycles. The fourth-order valence-electron chi connectivity index (χ4n) is 0.687. The van der Waals surface area contributed by atoms with E-state index < -0.39 is 0 Å². The Morgan fingerprint density at radius 3 is 2.73 bits per heavy atom. The van der Waals surface area contributed by atoms with E-state index in [0.717, 1.165) is 5.69 Å². The molecule has 0 unspecified atom stereocenters. The highest BCUT2D eigenvalue weighted by Crippen LogP contribution is 2.07. The van der Waals surface area contributed by atoms with Crippen LogP contribution in [0.15, 0.2) is 35.3 Å². The van der Waals surface area contributed by atoms with Crippen molar-refractivity contribution in [3.05, 3.63) is 30.3 Å². The quantitative estimate of drug-likeness (QED) is 0.477. The Balaban J connectivity index is 2.50. The van der Waals surface area contributed by atoms with Crippen molar-refractivity contribution in [1.82, 2.24) is 0 Å². The van der Waals surface area contributed by atoms with Crippen LogP contribution < -0.4 is 0 Å². The third kappa shape index (κ3) is 2.85. The van der Waals surface area contributed by atoms with Crippen molar-refractivity contribution in [3.63, 3.8) is 0 Å². The van der Waals surface area contributed by atoms with Crippen molar-refractivity contribution in [1.29, 1.82) is 0 Å². The molecule has 0 saturated heterocycles. The van der Waals surface area contributed by atoms with E-state index >= 15 is 0 Å². The van der Waals surface area contributed by atoms with E-state index in [9.17, 15) is 0 Å². The SMILES string of the molecule is CCOC=Nc1ccccc1. The second-order valence-corrected chi connectivity index (χ2v) is 2.03. The lowest BCUT2D eigenvalue weighted by Crippen LogP contribution is -1.83. The van der Waals surface area contributed by atoms with Crippen LogP contribution in [0.1, 0.15) is 6.92 Å². The minimum atomic E-state index is 0.663. The van der Waals surface area contributed by atoms with Gasteiger partial charge in [0.1, 0.15) is 0 Å². The first kappa shape index (κ1) is 7.79. The highest BCUT2D eigenvalue weighted by Gasteiger charge is 1.81. The van der Waals surface area contributed by atoms with Gasteiger partial charge in [0.25, 0.3) is 0 Å². The van der Waals surface area contributed by atoms with Gasteiger partial charge in [0, 0.05) is 0 Å². The van der Waals surface area contributed by atoms with Crippen LogP contribution in [-0.4, -0.2) is 13.0 Å². The summed E-state index contributed by atoms with van der Waals surface area (Å²) >= 11 is 0. The van der Waals surface area contributed by atoms with Gasteiger partial charge in [-0.1, -0.05) is 18.2 Å². The first-order chi connectivity index (χ1) is 5.43. The fraction of sp³-hybridized carbons (Fsp3) is 0.222. The van der Waals surface area contributed by atoms with Gasteiger partial charge in [-0.2, -0.15) is 0 Å². The third-order valence-corrected chi connectivity index (χ3v) is 1.20. The molecule has 11 heavy (non-hydrogen) atoms. The maximum Gasteiger partial charge on any atom is 0.174 e. The average molecular weight is 149 g/mol. The fourth-order valence-corrected chi connectivity index (χ4v) is 0.687. The minimum Gasteiger partial charge on any atom is -0.483 e. The number of para-hydroxylation sites is 1. The van der Waals surface area contributed by atoms with E-state index in [4.69, 9.17) is 4.74 Å². The van der Waals surface area contributed by atoms with E-state index in [1.54, 1.807) is 0 Å². The molecule has 2 heteroatoms. The van der Waals surface area contributed by atoms with Crippen LogP contribution in [-0.2, 0) is 4.74 Å². The lowest BCUT2D eigenvalue weighted by atomic mass is 10.3. The number of rotatable bonds is 3. The van der Waals surface area contributed by atoms with Crippen LogP contribution in [0, 0.1) is 0 Å². The van der Waals surface area contributed by atoms with Crippen molar-refractivity contribution >= 4 is 12.1 Å². The molecule has 0 bridgehead atoms. The summed E-state index contributed by atoms with van der Waals surface area (Å²) in [5.41, 5.74) is 0.918. The van der Waals surface area contributed by atoms with Crippen LogP contribution in [0.5, 0.6) is 0 Å². The van der Waals surface area contributed by atoms with E-state index in [-0.39, 0.29) is 0 Å². The average Bonchev–Trinajstić information content (AvgIpc) is 2.07. The lowest BCUT2D eigenvalue weighted by Gasteiger charge is -1.92. The Kier molecular flexibility index (Phi) is 3.19. The predicted octanol–water partition coefficient (Wildman–Crippen LogP) is 2.38. The van der Waals surface area contributed by atoms with E-state index in [1.807, 2.05) is 37.3 Å². The molecule has 0 amide bonds. The summed E-state index contributed by atoms with van der Waals surface area (Å²) in [5, 5.41) is 0. The monoisotopic (exact) mass is 149 g/mol. The second kappa shape index (κ2) is 4.50. The number of ether oxygens (including phenoxy) is 1. The normalized spacial score (nSPS) is 10.3. The van der Waals surface area contributed by atoms with Crippen molar-refractivity contribution in [3.8, 4) is 0 Å². The largest absolute Gasteiger partial charge is 0.483 e. The molecule has 0 fully saturated rings. The molecule has 0 aromatic heterocycles. The van der Waals surface area contributed by atoms with Gasteiger partial charge in [0.15, 0.2) is 6.40 Å². The number of hydrogen-bond acceptors (Lipinski definition) is 2. The second-order valence-electron chi connectivity index (χ2n) is 2.03. The third-order valence-electron chi connectivity index (χ3n) is 1.20. The predicted molar refractivity (Wildman–Crippen MR) is 46.2 cm³/mol. The Bertz CT molecular complexity index is 218. The van der Waals surface area contributed by atoms with Gasteiger partial charge in [-0.15, -0.1) is 0 Å². The molecule has 0 aliphatic carbocycles. The maximum atomic E-state index is 4.95. The molecule has 0 atom stereocenters. The first-order valence-electron chi connectivity index (χ1n) is 3.62. The highest BCUT2D eigenvalue weighted by molar-refractivity contribution is 5.55. The molecule has 0 aliphatic rings. The van der Waals surface area contributed by atoms with Gasteiger partial charge in [0.05, 0.1) is 12.3 Å². The van der Waals surface area contributed by atoms with Gasteiger partial charge in [-0.3, -0.25) is 0 Å². The van der Waals surface area contributed by atoms with Crippen molar-refractivity contribution < 1.29 is 4.74 Å². The molecule has 0 N–H and O–H groups in total. The summed E-state index contributed by atoms with van der Waals surface area (Å²) in [6.45, 7) is 2.59. The molecule has 0 saturated carbocycles. The van der Waals surface area contributed by atoms with Crippen molar-refractivity contribution in [2.45, 2.75) is 6.92 Å². The zero-order chi connectivity index (χ0) is 7.94. The molecule has 1 aromatic rings. The van der Waals surface area contributed by atoms with Gasteiger partial charge in [-0.25, -0.2) is 4.99 Å². The van der Waals surface area contributed by atoms with Gasteiger partial charge < -0.3 is 4.74 Å². The van der Waals surface area contributed by atoms with Crippen LogP contribution in [0.25, 0.3) is 0 Å². The number of benzene rings is 1. The standard InChI is InChI=1S/C9H11NO/c1-2-11-8-10-9-6-4-3-5-7-9/h3-8H,2H2,1H3. The molecular weight excluding hydrogens is 138 g/mol. The molecule has 2 nitrogen and oxygen atoms in total.